The predicted octanol–water partition coefficient (Wildman–Crippen LogP) is -0.0938. The molecular weight excluding hydrogens is 120 g/mol. The second kappa shape index (κ2) is 2.85. The van der Waals surface area contributed by atoms with E-state index in [1.54, 1.807) is 0 Å². The van der Waals surface area contributed by atoms with E-state index in [4.69, 9.17) is 14.6 Å². The minimum absolute atomic E-state index is 0.206. The monoisotopic (exact) mass is 130 g/mol. The Morgan fingerprint density at radius 1 is 1.67 bits per heavy atom. The minimum Gasteiger partial charge on any atom is -0.493 e. The van der Waals surface area contributed by atoms with Crippen molar-refractivity contribution in [2.24, 2.45) is 0 Å². The summed E-state index contributed by atoms with van der Waals surface area (Å²) < 4.78 is 9.80. The highest BCUT2D eigenvalue weighted by molar-refractivity contribution is 4.76. The molecule has 0 bridgehead atoms. The third-order valence-electron chi connectivity index (χ3n) is 1.27. The smallest absolute Gasteiger partial charge is 0.149 e. The van der Waals surface area contributed by atoms with E-state index in [0.717, 1.165) is 0 Å². The van der Waals surface area contributed by atoms with Crippen LogP contribution in [0.5, 0.6) is 0 Å². The van der Waals surface area contributed by atoms with E-state index in [0.29, 0.717) is 13.2 Å². The van der Waals surface area contributed by atoms with Crippen molar-refractivity contribution in [2.75, 3.05) is 13.2 Å². The van der Waals surface area contributed by atoms with Crippen molar-refractivity contribution in [3.05, 3.63) is 12.8 Å². The van der Waals surface area contributed by atoms with Gasteiger partial charge >= 0.3 is 0 Å². The molecule has 0 aliphatic carbocycles. The summed E-state index contributed by atoms with van der Waals surface area (Å²) in [6.45, 7) is 4.21. The quantitative estimate of drug-likeness (QED) is 0.531. The van der Waals surface area contributed by atoms with E-state index < -0.39 is 6.10 Å². The SMILES string of the molecule is C=CO[C@@H]1COC[C@@H]1O. The zero-order valence-corrected chi connectivity index (χ0v) is 5.12. The Kier molecular flexibility index (Phi) is 2.08. The molecule has 1 aliphatic heterocycles. The average Bonchev–Trinajstić information content (AvgIpc) is 2.18. The Balaban J connectivity index is 2.30. The molecule has 52 valence electrons. The lowest BCUT2D eigenvalue weighted by atomic mass is 10.3. The summed E-state index contributed by atoms with van der Waals surface area (Å²) in [5.41, 5.74) is 0. The lowest BCUT2D eigenvalue weighted by molar-refractivity contribution is 0.0447. The molecule has 1 fully saturated rings. The van der Waals surface area contributed by atoms with Gasteiger partial charge in [0.15, 0.2) is 0 Å². The van der Waals surface area contributed by atoms with Crippen LogP contribution in [0.3, 0.4) is 0 Å². The molecule has 0 aromatic carbocycles. The van der Waals surface area contributed by atoms with Gasteiger partial charge in [0.2, 0.25) is 0 Å². The van der Waals surface area contributed by atoms with Crippen LogP contribution in [0, 0.1) is 0 Å². The Morgan fingerprint density at radius 2 is 2.44 bits per heavy atom. The van der Waals surface area contributed by atoms with E-state index in [2.05, 4.69) is 6.58 Å². The fourth-order valence-corrected chi connectivity index (χ4v) is 0.777. The van der Waals surface area contributed by atoms with Gasteiger partial charge in [-0.05, 0) is 0 Å². The topological polar surface area (TPSA) is 38.7 Å². The third kappa shape index (κ3) is 1.43. The van der Waals surface area contributed by atoms with Crippen LogP contribution in [0.2, 0.25) is 0 Å². The molecule has 0 radical (unpaired) electrons. The Bertz CT molecular complexity index is 102. The maximum Gasteiger partial charge on any atom is 0.149 e. The number of hydrogen-bond donors (Lipinski definition) is 1. The molecule has 1 aliphatic rings. The normalized spacial score (nSPS) is 34.3. The highest BCUT2D eigenvalue weighted by atomic mass is 16.6. The first-order valence-electron chi connectivity index (χ1n) is 2.87. The van der Waals surface area contributed by atoms with Crippen molar-refractivity contribution in [1.29, 1.82) is 0 Å². The largest absolute Gasteiger partial charge is 0.493 e. The third-order valence-corrected chi connectivity index (χ3v) is 1.27. The average molecular weight is 130 g/mol. The molecule has 9 heavy (non-hydrogen) atoms. The van der Waals surface area contributed by atoms with E-state index in [9.17, 15) is 0 Å². The fourth-order valence-electron chi connectivity index (χ4n) is 0.777. The molecule has 0 spiro atoms. The summed E-state index contributed by atoms with van der Waals surface area (Å²) in [5, 5.41) is 9.02. The molecule has 0 saturated carbocycles. The second-order valence-corrected chi connectivity index (χ2v) is 1.95. The molecule has 0 unspecified atom stereocenters. The van der Waals surface area contributed by atoms with Gasteiger partial charge in [-0.3, -0.25) is 0 Å². The van der Waals surface area contributed by atoms with E-state index in [1.165, 1.54) is 6.26 Å². The van der Waals surface area contributed by atoms with Crippen molar-refractivity contribution in [3.8, 4) is 0 Å². The maximum atomic E-state index is 9.02. The first kappa shape index (κ1) is 6.58. The van der Waals surface area contributed by atoms with E-state index in [1.807, 2.05) is 0 Å². The summed E-state index contributed by atoms with van der Waals surface area (Å²) in [7, 11) is 0. The number of hydrogen-bond acceptors (Lipinski definition) is 3. The van der Waals surface area contributed by atoms with Crippen LogP contribution in [0.4, 0.5) is 0 Å². The molecular formula is C6H10O3. The molecule has 1 saturated heterocycles. The zero-order chi connectivity index (χ0) is 6.69. The molecule has 0 aromatic heterocycles. The molecule has 0 aromatic rings. The minimum atomic E-state index is -0.483. The van der Waals surface area contributed by atoms with Gasteiger partial charge in [-0.2, -0.15) is 0 Å². The van der Waals surface area contributed by atoms with Crippen molar-refractivity contribution in [2.45, 2.75) is 12.2 Å². The fraction of sp³-hybridized carbons (Fsp3) is 0.667. The van der Waals surface area contributed by atoms with Crippen LogP contribution in [0.25, 0.3) is 0 Å². The van der Waals surface area contributed by atoms with E-state index in [-0.39, 0.29) is 6.10 Å². The van der Waals surface area contributed by atoms with Crippen LogP contribution in [-0.4, -0.2) is 30.5 Å². The molecule has 3 heteroatoms. The zero-order valence-electron chi connectivity index (χ0n) is 5.12. The lowest BCUT2D eigenvalue weighted by Gasteiger charge is -2.09. The molecule has 0 amide bonds. The van der Waals surface area contributed by atoms with Crippen molar-refractivity contribution >= 4 is 0 Å². The van der Waals surface area contributed by atoms with Gasteiger partial charge in [-0.15, -0.1) is 0 Å². The van der Waals surface area contributed by atoms with Gasteiger partial charge in [-0.25, -0.2) is 0 Å². The predicted molar refractivity (Wildman–Crippen MR) is 31.9 cm³/mol. The summed E-state index contributed by atoms with van der Waals surface area (Å²) in [4.78, 5) is 0. The van der Waals surface area contributed by atoms with Crippen LogP contribution >= 0.6 is 0 Å². The molecule has 1 heterocycles. The summed E-state index contributed by atoms with van der Waals surface area (Å²) in [5.74, 6) is 0. The maximum absolute atomic E-state index is 9.02. The summed E-state index contributed by atoms with van der Waals surface area (Å²) in [6, 6.07) is 0. The van der Waals surface area contributed by atoms with Gasteiger partial charge in [0.05, 0.1) is 19.5 Å². The van der Waals surface area contributed by atoms with Crippen molar-refractivity contribution in [3.63, 3.8) is 0 Å². The van der Waals surface area contributed by atoms with Gasteiger partial charge in [0, 0.05) is 0 Å². The molecule has 1 rings (SSSR count). The first-order valence-corrected chi connectivity index (χ1v) is 2.87. The van der Waals surface area contributed by atoms with Crippen LogP contribution < -0.4 is 0 Å². The Hall–Kier alpha value is -0.540. The number of rotatable bonds is 2. The second-order valence-electron chi connectivity index (χ2n) is 1.95. The molecule has 2 atom stereocenters. The first-order chi connectivity index (χ1) is 4.34. The van der Waals surface area contributed by atoms with Gasteiger partial charge in [0.25, 0.3) is 0 Å². The highest BCUT2D eigenvalue weighted by Gasteiger charge is 2.26. The summed E-state index contributed by atoms with van der Waals surface area (Å²) in [6.07, 6.45) is 0.633. The number of aliphatic hydroxyl groups excluding tert-OH is 1. The van der Waals surface area contributed by atoms with Crippen LogP contribution in [-0.2, 0) is 9.47 Å². The molecule has 1 N–H and O–H groups in total. The van der Waals surface area contributed by atoms with Gasteiger partial charge in [-0.1, -0.05) is 6.58 Å². The molecule has 3 nitrogen and oxygen atoms in total. The van der Waals surface area contributed by atoms with Crippen molar-refractivity contribution in [1.82, 2.24) is 0 Å². The van der Waals surface area contributed by atoms with Crippen LogP contribution in [0.1, 0.15) is 0 Å². The van der Waals surface area contributed by atoms with Crippen LogP contribution in [0.15, 0.2) is 12.8 Å². The van der Waals surface area contributed by atoms with Gasteiger partial charge < -0.3 is 14.6 Å². The number of aliphatic hydroxyl groups is 1. The Morgan fingerprint density at radius 3 is 2.89 bits per heavy atom. The highest BCUT2D eigenvalue weighted by Crippen LogP contribution is 2.08. The van der Waals surface area contributed by atoms with Gasteiger partial charge in [0.1, 0.15) is 12.2 Å². The standard InChI is InChI=1S/C6H10O3/c1-2-9-6-4-8-3-5(6)7/h2,5-7H,1,3-4H2/t5-,6+/m0/s1. The van der Waals surface area contributed by atoms with Crippen molar-refractivity contribution < 1.29 is 14.6 Å². The van der Waals surface area contributed by atoms with E-state index >= 15 is 0 Å². The number of ether oxygens (including phenoxy) is 2. The lowest BCUT2D eigenvalue weighted by Crippen LogP contribution is -2.24. The summed E-state index contributed by atoms with van der Waals surface area (Å²) >= 11 is 0. The Labute approximate surface area is 53.9 Å².